The highest BCUT2D eigenvalue weighted by atomic mass is 32.2. The van der Waals surface area contributed by atoms with Crippen LogP contribution in [0.5, 0.6) is 0 Å². The average molecular weight is 287 g/mol. The first kappa shape index (κ1) is 16.6. The average Bonchev–Trinajstić information content (AvgIpc) is 2.40. The van der Waals surface area contributed by atoms with Crippen LogP contribution in [-0.4, -0.2) is 18.5 Å². The summed E-state index contributed by atoms with van der Waals surface area (Å²) in [4.78, 5) is 4.63. The van der Waals surface area contributed by atoms with Crippen LogP contribution < -0.4 is 0 Å². The van der Waals surface area contributed by atoms with E-state index in [2.05, 4.69) is 64.1 Å². The van der Waals surface area contributed by atoms with Crippen LogP contribution in [0.25, 0.3) is 0 Å². The molecular weight excluding hydrogens is 262 g/mol. The second-order valence-corrected chi connectivity index (χ2v) is 6.09. The van der Waals surface area contributed by atoms with Crippen molar-refractivity contribution in [2.24, 2.45) is 0 Å². The van der Waals surface area contributed by atoms with Gasteiger partial charge in [-0.25, -0.2) is 0 Å². The fourth-order valence-electron chi connectivity index (χ4n) is 1.99. The van der Waals surface area contributed by atoms with Crippen molar-refractivity contribution in [1.82, 2.24) is 4.90 Å². The van der Waals surface area contributed by atoms with Crippen molar-refractivity contribution in [3.05, 3.63) is 65.2 Å². The third-order valence-corrected chi connectivity index (χ3v) is 4.39. The maximum absolute atomic E-state index is 4.22. The fourth-order valence-corrected chi connectivity index (χ4v) is 3.02. The lowest BCUT2D eigenvalue weighted by Gasteiger charge is -2.23. The SMILES string of the molecule is C=C/C=C(/Sc1ccc(C)cc1C)C(=C)N(C)CCC. The van der Waals surface area contributed by atoms with Gasteiger partial charge in [-0.1, -0.05) is 55.6 Å². The zero-order valence-electron chi connectivity index (χ0n) is 13.1. The van der Waals surface area contributed by atoms with Gasteiger partial charge >= 0.3 is 0 Å². The standard InChI is InChI=1S/C18H25NS/c1-7-9-18(16(5)19(6)12-8-2)20-17-11-10-14(3)13-15(17)4/h7,9-11,13H,1,5,8,12H2,2-4,6H3/b18-9+. The van der Waals surface area contributed by atoms with Gasteiger partial charge in [0.1, 0.15) is 0 Å². The highest BCUT2D eigenvalue weighted by Gasteiger charge is 2.10. The third kappa shape index (κ3) is 4.61. The number of thioether (sulfide) groups is 1. The monoisotopic (exact) mass is 287 g/mol. The first-order chi connectivity index (χ1) is 9.49. The quantitative estimate of drug-likeness (QED) is 0.493. The maximum atomic E-state index is 4.22. The second kappa shape index (κ2) is 8.01. The number of likely N-dealkylation sites (N-methyl/N-ethyl adjacent to an activating group) is 1. The molecule has 0 heterocycles. The van der Waals surface area contributed by atoms with Crippen molar-refractivity contribution in [2.45, 2.75) is 32.1 Å². The predicted molar refractivity (Wildman–Crippen MR) is 92.1 cm³/mol. The molecular formula is C18H25NS. The van der Waals surface area contributed by atoms with E-state index in [1.54, 1.807) is 11.8 Å². The Morgan fingerprint density at radius 1 is 1.35 bits per heavy atom. The van der Waals surface area contributed by atoms with Crippen LogP contribution in [0, 0.1) is 13.8 Å². The van der Waals surface area contributed by atoms with Crippen molar-refractivity contribution >= 4 is 11.8 Å². The summed E-state index contributed by atoms with van der Waals surface area (Å²) in [6.45, 7) is 15.5. The Bertz CT molecular complexity index is 514. The van der Waals surface area contributed by atoms with Crippen LogP contribution in [0.3, 0.4) is 0 Å². The molecule has 0 aliphatic carbocycles. The zero-order valence-corrected chi connectivity index (χ0v) is 13.9. The summed E-state index contributed by atoms with van der Waals surface area (Å²) in [5.74, 6) is 0. The van der Waals surface area contributed by atoms with Gasteiger partial charge in [-0.3, -0.25) is 0 Å². The van der Waals surface area contributed by atoms with Crippen molar-refractivity contribution in [2.75, 3.05) is 13.6 Å². The van der Waals surface area contributed by atoms with E-state index in [9.17, 15) is 0 Å². The molecule has 0 aliphatic heterocycles. The molecule has 0 unspecified atom stereocenters. The number of hydrogen-bond donors (Lipinski definition) is 0. The van der Waals surface area contributed by atoms with Gasteiger partial charge in [0.05, 0.1) is 0 Å². The Labute approximate surface area is 128 Å². The van der Waals surface area contributed by atoms with E-state index in [1.165, 1.54) is 16.0 Å². The zero-order chi connectivity index (χ0) is 15.1. The van der Waals surface area contributed by atoms with Gasteiger partial charge in [0.25, 0.3) is 0 Å². The van der Waals surface area contributed by atoms with E-state index < -0.39 is 0 Å². The van der Waals surface area contributed by atoms with E-state index in [1.807, 2.05) is 12.2 Å². The highest BCUT2D eigenvalue weighted by Crippen LogP contribution is 2.34. The molecule has 0 bridgehead atoms. The molecule has 0 aliphatic rings. The van der Waals surface area contributed by atoms with Crippen molar-refractivity contribution < 1.29 is 0 Å². The lowest BCUT2D eigenvalue weighted by atomic mass is 10.2. The summed E-state index contributed by atoms with van der Waals surface area (Å²) in [7, 11) is 2.09. The number of aryl methyl sites for hydroxylation is 2. The minimum absolute atomic E-state index is 1.01. The Morgan fingerprint density at radius 2 is 2.05 bits per heavy atom. The highest BCUT2D eigenvalue weighted by molar-refractivity contribution is 8.03. The lowest BCUT2D eigenvalue weighted by molar-refractivity contribution is 0.429. The minimum Gasteiger partial charge on any atom is -0.374 e. The van der Waals surface area contributed by atoms with Crippen LogP contribution in [0.2, 0.25) is 0 Å². The van der Waals surface area contributed by atoms with Gasteiger partial charge in [-0.15, -0.1) is 0 Å². The molecule has 1 aromatic rings. The van der Waals surface area contributed by atoms with Crippen LogP contribution in [0.1, 0.15) is 24.5 Å². The molecule has 1 aromatic carbocycles. The Hall–Kier alpha value is -1.41. The summed E-state index contributed by atoms with van der Waals surface area (Å²) in [6, 6.07) is 6.55. The van der Waals surface area contributed by atoms with E-state index in [0.717, 1.165) is 23.6 Å². The molecule has 0 saturated carbocycles. The number of hydrogen-bond acceptors (Lipinski definition) is 2. The number of rotatable bonds is 7. The molecule has 20 heavy (non-hydrogen) atoms. The van der Waals surface area contributed by atoms with E-state index >= 15 is 0 Å². The van der Waals surface area contributed by atoms with Gasteiger partial charge in [0.2, 0.25) is 0 Å². The van der Waals surface area contributed by atoms with E-state index in [0.29, 0.717) is 0 Å². The fraction of sp³-hybridized carbons (Fsp3) is 0.333. The molecule has 1 nitrogen and oxygen atoms in total. The first-order valence-corrected chi connectivity index (χ1v) is 7.79. The van der Waals surface area contributed by atoms with Crippen molar-refractivity contribution in [1.29, 1.82) is 0 Å². The summed E-state index contributed by atoms with van der Waals surface area (Å²) in [5, 5.41) is 0. The van der Waals surface area contributed by atoms with E-state index in [-0.39, 0.29) is 0 Å². The molecule has 0 atom stereocenters. The molecule has 2 heteroatoms. The molecule has 0 amide bonds. The maximum Gasteiger partial charge on any atom is 0.0432 e. The minimum atomic E-state index is 1.01. The molecule has 0 fully saturated rings. The van der Waals surface area contributed by atoms with Gasteiger partial charge in [-0.2, -0.15) is 0 Å². The van der Waals surface area contributed by atoms with Gasteiger partial charge in [0, 0.05) is 29.1 Å². The molecule has 1 rings (SSSR count). The van der Waals surface area contributed by atoms with Crippen LogP contribution >= 0.6 is 11.8 Å². The van der Waals surface area contributed by atoms with Crippen molar-refractivity contribution in [3.63, 3.8) is 0 Å². The topological polar surface area (TPSA) is 3.24 Å². The van der Waals surface area contributed by atoms with Gasteiger partial charge in [-0.05, 0) is 38.0 Å². The molecule has 108 valence electrons. The van der Waals surface area contributed by atoms with Crippen LogP contribution in [0.4, 0.5) is 0 Å². The molecule has 0 saturated heterocycles. The first-order valence-electron chi connectivity index (χ1n) is 6.97. The Kier molecular flexibility index (Phi) is 6.66. The van der Waals surface area contributed by atoms with Gasteiger partial charge < -0.3 is 4.90 Å². The van der Waals surface area contributed by atoms with Crippen LogP contribution in [-0.2, 0) is 0 Å². The smallest absolute Gasteiger partial charge is 0.0432 e. The lowest BCUT2D eigenvalue weighted by Crippen LogP contribution is -2.18. The van der Waals surface area contributed by atoms with Crippen LogP contribution in [0.15, 0.2) is 59.0 Å². The Morgan fingerprint density at radius 3 is 2.60 bits per heavy atom. The Balaban J connectivity index is 2.96. The largest absolute Gasteiger partial charge is 0.374 e. The number of benzene rings is 1. The third-order valence-electron chi connectivity index (χ3n) is 3.12. The summed E-state index contributed by atoms with van der Waals surface area (Å²) in [5.41, 5.74) is 3.65. The summed E-state index contributed by atoms with van der Waals surface area (Å²) >= 11 is 1.76. The number of nitrogens with zero attached hydrogens (tertiary/aromatic N) is 1. The second-order valence-electron chi connectivity index (χ2n) is 5.01. The van der Waals surface area contributed by atoms with Crippen molar-refractivity contribution in [3.8, 4) is 0 Å². The predicted octanol–water partition coefficient (Wildman–Crippen LogP) is 5.32. The summed E-state index contributed by atoms with van der Waals surface area (Å²) in [6.07, 6.45) is 4.99. The summed E-state index contributed by atoms with van der Waals surface area (Å²) < 4.78 is 0. The molecule has 0 spiro atoms. The van der Waals surface area contributed by atoms with Gasteiger partial charge in [0.15, 0.2) is 0 Å². The molecule has 0 radical (unpaired) electrons. The van der Waals surface area contributed by atoms with E-state index in [4.69, 9.17) is 0 Å². The molecule has 0 N–H and O–H groups in total. The molecule has 0 aromatic heterocycles. The normalized spacial score (nSPS) is 11.3. The number of allylic oxidation sites excluding steroid dienone is 2.